The fourth-order valence-corrected chi connectivity index (χ4v) is 4.72. The van der Waals surface area contributed by atoms with E-state index in [1.54, 1.807) is 24.7 Å². The van der Waals surface area contributed by atoms with Crippen molar-refractivity contribution in [2.75, 3.05) is 19.6 Å². The van der Waals surface area contributed by atoms with Crippen molar-refractivity contribution >= 4 is 23.2 Å². The second kappa shape index (κ2) is 6.22. The van der Waals surface area contributed by atoms with Gasteiger partial charge in [-0.25, -0.2) is 4.39 Å². The third kappa shape index (κ3) is 2.82. The molecule has 1 aromatic carbocycles. The molecule has 7 heteroatoms. The number of amides is 2. The average molecular weight is 359 g/mol. The second-order valence-corrected chi connectivity index (χ2v) is 7.56. The number of benzene rings is 1. The Morgan fingerprint density at radius 2 is 2.12 bits per heavy atom. The van der Waals surface area contributed by atoms with E-state index in [2.05, 4.69) is 4.98 Å². The largest absolute Gasteiger partial charge is 0.337 e. The van der Waals surface area contributed by atoms with Crippen molar-refractivity contribution in [3.8, 4) is 0 Å². The van der Waals surface area contributed by atoms with Crippen LogP contribution >= 0.6 is 11.3 Å². The fraction of sp³-hybridized carbons (Fsp3) is 0.389. The molecule has 130 valence electrons. The first kappa shape index (κ1) is 16.2. The van der Waals surface area contributed by atoms with E-state index in [0.29, 0.717) is 24.5 Å². The van der Waals surface area contributed by atoms with E-state index in [-0.39, 0.29) is 35.5 Å². The Labute approximate surface area is 149 Å². The zero-order chi connectivity index (χ0) is 17.6. The van der Waals surface area contributed by atoms with Crippen LogP contribution in [0.25, 0.3) is 0 Å². The first-order valence-corrected chi connectivity index (χ1v) is 9.13. The molecule has 2 aliphatic heterocycles. The Morgan fingerprint density at radius 1 is 1.28 bits per heavy atom. The number of nitrogens with zero attached hydrogens (tertiary/aromatic N) is 3. The minimum atomic E-state index is -0.306. The molecule has 1 aromatic heterocycles. The fourth-order valence-electron chi connectivity index (χ4n) is 4.13. The predicted molar refractivity (Wildman–Crippen MR) is 91.5 cm³/mol. The van der Waals surface area contributed by atoms with Crippen LogP contribution in [-0.2, 0) is 4.79 Å². The molecule has 0 aliphatic carbocycles. The lowest BCUT2D eigenvalue weighted by atomic mass is 9.89. The highest BCUT2D eigenvalue weighted by Gasteiger charge is 2.49. The quantitative estimate of drug-likeness (QED) is 0.828. The molecule has 0 spiro atoms. The highest BCUT2D eigenvalue weighted by atomic mass is 32.1. The van der Waals surface area contributed by atoms with Crippen LogP contribution in [0, 0.1) is 17.7 Å². The lowest BCUT2D eigenvalue weighted by molar-refractivity contribution is -0.130. The van der Waals surface area contributed by atoms with Crippen molar-refractivity contribution in [3.05, 3.63) is 52.2 Å². The van der Waals surface area contributed by atoms with Gasteiger partial charge in [0.05, 0.1) is 17.7 Å². The molecule has 0 unspecified atom stereocenters. The van der Waals surface area contributed by atoms with Crippen LogP contribution < -0.4 is 0 Å². The molecule has 0 N–H and O–H groups in total. The molecule has 2 aliphatic rings. The van der Waals surface area contributed by atoms with Crippen molar-refractivity contribution < 1.29 is 14.0 Å². The topological polar surface area (TPSA) is 53.5 Å². The number of carbonyl (C=O) groups is 2. The molecule has 0 radical (unpaired) electrons. The Bertz CT molecular complexity index is 810. The van der Waals surface area contributed by atoms with E-state index in [0.717, 1.165) is 5.56 Å². The molecule has 2 fully saturated rings. The summed E-state index contributed by atoms with van der Waals surface area (Å²) in [6, 6.07) is 6.25. The number of aromatic nitrogens is 1. The maximum absolute atomic E-state index is 13.7. The zero-order valence-corrected chi connectivity index (χ0v) is 14.6. The number of hydrogen-bond donors (Lipinski definition) is 0. The monoisotopic (exact) mass is 359 g/mol. The van der Waals surface area contributed by atoms with Crippen LogP contribution in [0.2, 0.25) is 0 Å². The predicted octanol–water partition coefficient (Wildman–Crippen LogP) is 2.57. The molecule has 2 saturated heterocycles. The summed E-state index contributed by atoms with van der Waals surface area (Å²) in [5, 5.41) is 0. The lowest BCUT2D eigenvalue weighted by Crippen LogP contribution is -2.36. The van der Waals surface area contributed by atoms with Gasteiger partial charge < -0.3 is 9.80 Å². The Balaban J connectivity index is 1.61. The van der Waals surface area contributed by atoms with E-state index >= 15 is 0 Å². The molecule has 0 saturated carbocycles. The summed E-state index contributed by atoms with van der Waals surface area (Å²) in [5.74, 6) is 0.0184. The van der Waals surface area contributed by atoms with Crippen molar-refractivity contribution in [1.82, 2.24) is 14.8 Å². The normalized spacial score (nSPS) is 25.3. The molecular weight excluding hydrogens is 341 g/mol. The molecule has 0 bridgehead atoms. The first-order chi connectivity index (χ1) is 12.0. The van der Waals surface area contributed by atoms with Gasteiger partial charge in [0.15, 0.2) is 0 Å². The zero-order valence-electron chi connectivity index (χ0n) is 13.8. The van der Waals surface area contributed by atoms with E-state index in [1.165, 1.54) is 23.5 Å². The van der Waals surface area contributed by atoms with E-state index < -0.39 is 0 Å². The van der Waals surface area contributed by atoms with Gasteiger partial charge in [-0.15, -0.1) is 11.3 Å². The number of fused-ring (bicyclic) bond motifs is 1. The van der Waals surface area contributed by atoms with Crippen LogP contribution in [0.3, 0.4) is 0 Å². The standard InChI is InChI=1S/C18H18FN3O2S/c1-11(23)22-8-13-7-21(18(24)16-6-20-10-25-16)9-15(13)17(22)12-3-2-4-14(19)5-12/h2-6,10,13,15,17H,7-9H2,1H3/t13-,15-,17-/m1/s1. The third-order valence-electron chi connectivity index (χ3n) is 5.19. The number of carbonyl (C=O) groups excluding carboxylic acids is 2. The smallest absolute Gasteiger partial charge is 0.265 e. The van der Waals surface area contributed by atoms with Gasteiger partial charge in [0.25, 0.3) is 5.91 Å². The number of thiazole rings is 1. The van der Waals surface area contributed by atoms with Crippen molar-refractivity contribution in [3.63, 3.8) is 0 Å². The first-order valence-electron chi connectivity index (χ1n) is 8.25. The maximum Gasteiger partial charge on any atom is 0.265 e. The maximum atomic E-state index is 13.7. The SMILES string of the molecule is CC(=O)N1C[C@H]2CN(C(=O)c3cncs3)C[C@H]2[C@H]1c1cccc(F)c1. The summed E-state index contributed by atoms with van der Waals surface area (Å²) in [7, 11) is 0. The van der Waals surface area contributed by atoms with Gasteiger partial charge >= 0.3 is 0 Å². The Hall–Kier alpha value is -2.28. The average Bonchev–Trinajstić information content (AvgIpc) is 3.29. The van der Waals surface area contributed by atoms with Gasteiger partial charge in [-0.2, -0.15) is 0 Å². The van der Waals surface area contributed by atoms with Crippen molar-refractivity contribution in [2.24, 2.45) is 11.8 Å². The van der Waals surface area contributed by atoms with E-state index in [9.17, 15) is 14.0 Å². The Kier molecular flexibility index (Phi) is 4.03. The summed E-state index contributed by atoms with van der Waals surface area (Å²) in [6.45, 7) is 3.35. The van der Waals surface area contributed by atoms with E-state index in [1.807, 2.05) is 15.9 Å². The molecule has 4 rings (SSSR count). The molecule has 2 aromatic rings. The summed E-state index contributed by atoms with van der Waals surface area (Å²) in [4.78, 5) is 33.0. The van der Waals surface area contributed by atoms with Gasteiger partial charge in [0.2, 0.25) is 5.91 Å². The Morgan fingerprint density at radius 3 is 2.80 bits per heavy atom. The minimum absolute atomic E-state index is 0.00994. The van der Waals surface area contributed by atoms with Crippen LogP contribution in [0.4, 0.5) is 4.39 Å². The van der Waals surface area contributed by atoms with Gasteiger partial charge in [-0.05, 0) is 17.7 Å². The highest BCUT2D eigenvalue weighted by molar-refractivity contribution is 7.11. The summed E-state index contributed by atoms with van der Waals surface area (Å²) < 4.78 is 13.7. The molecular formula is C18H18FN3O2S. The number of likely N-dealkylation sites (tertiary alicyclic amines) is 2. The molecule has 25 heavy (non-hydrogen) atoms. The molecule has 3 heterocycles. The van der Waals surface area contributed by atoms with Gasteiger partial charge in [-0.1, -0.05) is 12.1 Å². The van der Waals surface area contributed by atoms with E-state index in [4.69, 9.17) is 0 Å². The van der Waals surface area contributed by atoms with Crippen LogP contribution in [0.5, 0.6) is 0 Å². The van der Waals surface area contributed by atoms with Crippen molar-refractivity contribution in [1.29, 1.82) is 0 Å². The van der Waals surface area contributed by atoms with Crippen LogP contribution in [0.15, 0.2) is 36.0 Å². The minimum Gasteiger partial charge on any atom is -0.337 e. The molecule has 5 nitrogen and oxygen atoms in total. The highest BCUT2D eigenvalue weighted by Crippen LogP contribution is 2.45. The van der Waals surface area contributed by atoms with Gasteiger partial charge in [0.1, 0.15) is 10.7 Å². The van der Waals surface area contributed by atoms with Crippen molar-refractivity contribution in [2.45, 2.75) is 13.0 Å². The van der Waals surface area contributed by atoms with Crippen LogP contribution in [-0.4, -0.2) is 46.2 Å². The number of hydrogen-bond acceptors (Lipinski definition) is 4. The number of rotatable bonds is 2. The molecule has 2 amide bonds. The summed E-state index contributed by atoms with van der Waals surface area (Å²) >= 11 is 1.33. The van der Waals surface area contributed by atoms with Crippen LogP contribution in [0.1, 0.15) is 28.2 Å². The number of halogens is 1. The van der Waals surface area contributed by atoms with Gasteiger partial charge in [-0.3, -0.25) is 14.6 Å². The summed E-state index contributed by atoms with van der Waals surface area (Å²) in [5.41, 5.74) is 2.45. The third-order valence-corrected chi connectivity index (χ3v) is 5.95. The summed E-state index contributed by atoms with van der Waals surface area (Å²) in [6.07, 6.45) is 1.59. The lowest BCUT2D eigenvalue weighted by Gasteiger charge is -2.29. The molecule has 3 atom stereocenters. The second-order valence-electron chi connectivity index (χ2n) is 6.67. The van der Waals surface area contributed by atoms with Gasteiger partial charge in [0, 0.05) is 38.4 Å².